The molecule has 1 amide bonds. The van der Waals surface area contributed by atoms with Gasteiger partial charge in [0.2, 0.25) is 5.88 Å². The second-order valence-corrected chi connectivity index (χ2v) is 7.67. The number of likely N-dealkylation sites (tertiary alicyclic amines) is 1. The number of aliphatic hydroxyl groups excluding tert-OH is 1. The summed E-state index contributed by atoms with van der Waals surface area (Å²) in [7, 11) is 0. The second-order valence-electron chi connectivity index (χ2n) is 7.67. The van der Waals surface area contributed by atoms with Gasteiger partial charge in [0.25, 0.3) is 5.91 Å². The van der Waals surface area contributed by atoms with Gasteiger partial charge in [0, 0.05) is 30.4 Å². The third-order valence-electron chi connectivity index (χ3n) is 5.62. The zero-order chi connectivity index (χ0) is 22.5. The first kappa shape index (κ1) is 21.5. The number of aliphatic hydroxyl groups is 1. The van der Waals surface area contributed by atoms with E-state index < -0.39 is 6.09 Å². The molecule has 3 heterocycles. The van der Waals surface area contributed by atoms with Crippen molar-refractivity contribution < 1.29 is 24.5 Å². The highest BCUT2D eigenvalue weighted by Crippen LogP contribution is 2.21. The van der Waals surface area contributed by atoms with E-state index in [4.69, 9.17) is 9.84 Å². The quantitative estimate of drug-likeness (QED) is 0.610. The minimum Gasteiger partial charge on any atom is -0.476 e. The molecule has 1 aliphatic rings. The molecule has 0 saturated carbocycles. The number of ether oxygens (including phenoxy) is 1. The molecule has 1 aromatic carbocycles. The molecule has 0 bridgehead atoms. The number of carbonyl (C=O) groups is 2. The summed E-state index contributed by atoms with van der Waals surface area (Å²) in [6, 6.07) is 10.5. The largest absolute Gasteiger partial charge is 0.476 e. The molecular weight excluding hydrogens is 412 g/mol. The lowest BCUT2D eigenvalue weighted by Gasteiger charge is -2.29. The molecule has 9 nitrogen and oxygen atoms in total. The van der Waals surface area contributed by atoms with Gasteiger partial charge in [0.05, 0.1) is 37.0 Å². The zero-order valence-corrected chi connectivity index (χ0v) is 17.4. The van der Waals surface area contributed by atoms with Gasteiger partial charge in [-0.2, -0.15) is 0 Å². The van der Waals surface area contributed by atoms with Crippen molar-refractivity contribution in [2.75, 3.05) is 19.7 Å². The Bertz CT molecular complexity index is 1070. The van der Waals surface area contributed by atoms with Crippen LogP contribution in [0.15, 0.2) is 55.0 Å². The van der Waals surface area contributed by atoms with Crippen molar-refractivity contribution in [3.63, 3.8) is 0 Å². The van der Waals surface area contributed by atoms with E-state index >= 15 is 0 Å². The van der Waals surface area contributed by atoms with Crippen LogP contribution in [0.25, 0.3) is 11.3 Å². The Hall–Kier alpha value is -3.72. The number of benzene rings is 1. The summed E-state index contributed by atoms with van der Waals surface area (Å²) in [4.78, 5) is 33.7. The normalized spacial score (nSPS) is 14.3. The first-order valence-corrected chi connectivity index (χ1v) is 10.4. The molecule has 2 N–H and O–H groups in total. The maximum atomic E-state index is 12.6. The van der Waals surface area contributed by atoms with E-state index in [2.05, 4.69) is 9.97 Å². The predicted molar refractivity (Wildman–Crippen MR) is 115 cm³/mol. The van der Waals surface area contributed by atoms with E-state index in [1.165, 1.54) is 9.47 Å². The van der Waals surface area contributed by atoms with Gasteiger partial charge in [-0.1, -0.05) is 12.1 Å². The number of carbonyl (C=O) groups excluding carboxylic acids is 1. The Morgan fingerprint density at radius 2 is 1.81 bits per heavy atom. The van der Waals surface area contributed by atoms with Crippen LogP contribution in [0.2, 0.25) is 0 Å². The summed E-state index contributed by atoms with van der Waals surface area (Å²) in [6.45, 7) is 1.33. The Labute approximate surface area is 184 Å². The summed E-state index contributed by atoms with van der Waals surface area (Å²) in [5.41, 5.74) is 2.51. The summed E-state index contributed by atoms with van der Waals surface area (Å²) in [5, 5.41) is 18.3. The van der Waals surface area contributed by atoms with Crippen LogP contribution < -0.4 is 4.74 Å². The van der Waals surface area contributed by atoms with Crippen molar-refractivity contribution in [3.8, 4) is 17.1 Å². The van der Waals surface area contributed by atoms with Crippen molar-refractivity contribution in [1.29, 1.82) is 0 Å². The summed E-state index contributed by atoms with van der Waals surface area (Å²) < 4.78 is 7.16. The van der Waals surface area contributed by atoms with Gasteiger partial charge in [-0.25, -0.2) is 14.8 Å². The summed E-state index contributed by atoms with van der Waals surface area (Å²) >= 11 is 0. The van der Waals surface area contributed by atoms with Crippen LogP contribution in [0, 0.1) is 5.92 Å². The molecule has 4 rings (SSSR count). The number of piperidine rings is 1. The van der Waals surface area contributed by atoms with Crippen LogP contribution in [0.5, 0.6) is 5.88 Å². The summed E-state index contributed by atoms with van der Waals surface area (Å²) in [6.07, 6.45) is 5.48. The summed E-state index contributed by atoms with van der Waals surface area (Å²) in [5.74, 6) is 0.503. The van der Waals surface area contributed by atoms with E-state index in [0.29, 0.717) is 48.4 Å². The number of hydrogen-bond donors (Lipinski definition) is 2. The molecule has 1 aliphatic heterocycles. The van der Waals surface area contributed by atoms with Crippen molar-refractivity contribution in [3.05, 3.63) is 66.2 Å². The van der Waals surface area contributed by atoms with E-state index in [1.807, 2.05) is 0 Å². The SMILES string of the molecule is O=C(O)N1CCC(COc2cnc(-c3ccc(C(=O)n4cccc4CO)cc3)cn2)CC1. The third-order valence-corrected chi connectivity index (χ3v) is 5.62. The van der Waals surface area contributed by atoms with Crippen molar-refractivity contribution >= 4 is 12.0 Å². The average Bonchev–Trinajstić information content (AvgIpc) is 3.32. The van der Waals surface area contributed by atoms with Crippen molar-refractivity contribution in [2.24, 2.45) is 5.92 Å². The minimum atomic E-state index is -0.872. The molecule has 2 aromatic heterocycles. The number of aromatic nitrogens is 3. The van der Waals surface area contributed by atoms with Gasteiger partial charge in [-0.3, -0.25) is 9.36 Å². The lowest BCUT2D eigenvalue weighted by Crippen LogP contribution is -2.38. The Morgan fingerprint density at radius 3 is 2.44 bits per heavy atom. The van der Waals surface area contributed by atoms with E-state index in [1.54, 1.807) is 55.0 Å². The highest BCUT2D eigenvalue weighted by atomic mass is 16.5. The van der Waals surface area contributed by atoms with Gasteiger partial charge < -0.3 is 19.8 Å². The van der Waals surface area contributed by atoms with Crippen LogP contribution in [-0.4, -0.2) is 61.3 Å². The van der Waals surface area contributed by atoms with E-state index in [-0.39, 0.29) is 12.5 Å². The van der Waals surface area contributed by atoms with Gasteiger partial charge in [0.1, 0.15) is 0 Å². The number of rotatable bonds is 6. The van der Waals surface area contributed by atoms with E-state index in [9.17, 15) is 14.7 Å². The molecule has 3 aromatic rings. The number of nitrogens with zero attached hydrogens (tertiary/aromatic N) is 4. The standard InChI is InChI=1S/C23H24N4O5/c28-14-19-2-1-9-27(19)22(29)18-5-3-17(4-6-18)20-12-25-21(13-24-20)32-15-16-7-10-26(11-8-16)23(30)31/h1-6,9,12-13,16,28H,7-8,10-11,14-15H2,(H,30,31). The maximum Gasteiger partial charge on any atom is 0.407 e. The number of carboxylic acid groups (broad SMARTS) is 1. The molecule has 32 heavy (non-hydrogen) atoms. The number of hydrogen-bond acceptors (Lipinski definition) is 6. The Kier molecular flexibility index (Phi) is 6.46. The van der Waals surface area contributed by atoms with Crippen LogP contribution in [0.1, 0.15) is 28.9 Å². The number of amides is 1. The third kappa shape index (κ3) is 4.78. The zero-order valence-electron chi connectivity index (χ0n) is 17.4. The maximum absolute atomic E-state index is 12.6. The molecule has 0 spiro atoms. The molecule has 0 atom stereocenters. The fourth-order valence-electron chi connectivity index (χ4n) is 3.70. The molecule has 0 radical (unpaired) electrons. The van der Waals surface area contributed by atoms with Crippen LogP contribution in [-0.2, 0) is 6.61 Å². The lowest BCUT2D eigenvalue weighted by molar-refractivity contribution is 0.0951. The fraction of sp³-hybridized carbons (Fsp3) is 0.304. The fourth-order valence-corrected chi connectivity index (χ4v) is 3.70. The Balaban J connectivity index is 1.34. The molecule has 0 unspecified atom stereocenters. The van der Waals surface area contributed by atoms with E-state index in [0.717, 1.165) is 18.4 Å². The molecule has 9 heteroatoms. The highest BCUT2D eigenvalue weighted by molar-refractivity contribution is 5.96. The highest BCUT2D eigenvalue weighted by Gasteiger charge is 2.22. The monoisotopic (exact) mass is 436 g/mol. The minimum absolute atomic E-state index is 0.206. The first-order valence-electron chi connectivity index (χ1n) is 10.4. The smallest absolute Gasteiger partial charge is 0.407 e. The average molecular weight is 436 g/mol. The van der Waals surface area contributed by atoms with Crippen molar-refractivity contribution in [2.45, 2.75) is 19.4 Å². The second kappa shape index (κ2) is 9.61. The van der Waals surface area contributed by atoms with Crippen molar-refractivity contribution in [1.82, 2.24) is 19.4 Å². The van der Waals surface area contributed by atoms with Gasteiger partial charge in [-0.15, -0.1) is 0 Å². The molecule has 1 saturated heterocycles. The molecular formula is C23H24N4O5. The van der Waals surface area contributed by atoms with Gasteiger partial charge >= 0.3 is 6.09 Å². The van der Waals surface area contributed by atoms with Crippen LogP contribution >= 0.6 is 0 Å². The first-order chi connectivity index (χ1) is 15.5. The van der Waals surface area contributed by atoms with Gasteiger partial charge in [0.15, 0.2) is 0 Å². The Morgan fingerprint density at radius 1 is 1.06 bits per heavy atom. The molecule has 1 fully saturated rings. The van der Waals surface area contributed by atoms with Gasteiger partial charge in [-0.05, 0) is 43.0 Å². The lowest BCUT2D eigenvalue weighted by atomic mass is 9.98. The predicted octanol–water partition coefficient (Wildman–Crippen LogP) is 2.89. The van der Waals surface area contributed by atoms with Crippen LogP contribution in [0.3, 0.4) is 0 Å². The molecule has 0 aliphatic carbocycles. The molecule has 166 valence electrons. The van der Waals surface area contributed by atoms with Crippen LogP contribution in [0.4, 0.5) is 4.79 Å². The topological polar surface area (TPSA) is 118 Å².